The molecule has 2 nitrogen and oxygen atoms in total. The van der Waals surface area contributed by atoms with Gasteiger partial charge in [0.1, 0.15) is 5.75 Å². The minimum atomic E-state index is 0.344. The van der Waals surface area contributed by atoms with Crippen LogP contribution in [0.2, 0.25) is 0 Å². The van der Waals surface area contributed by atoms with Crippen molar-refractivity contribution in [3.63, 3.8) is 0 Å². The van der Waals surface area contributed by atoms with Gasteiger partial charge in [-0.2, -0.15) is 0 Å². The van der Waals surface area contributed by atoms with E-state index in [9.17, 15) is 5.11 Å². The molecule has 84 valence electrons. The maximum Gasteiger partial charge on any atom is 0.117 e. The minimum absolute atomic E-state index is 0.344. The van der Waals surface area contributed by atoms with Gasteiger partial charge in [0, 0.05) is 17.8 Å². The number of phenols is 1. The fourth-order valence-corrected chi connectivity index (χ4v) is 1.68. The summed E-state index contributed by atoms with van der Waals surface area (Å²) < 4.78 is 0. The van der Waals surface area contributed by atoms with Crippen LogP contribution in [0.3, 0.4) is 0 Å². The molecule has 0 unspecified atom stereocenters. The molecule has 0 radical (unpaired) electrons. The third-order valence-electron chi connectivity index (χ3n) is 2.08. The predicted octanol–water partition coefficient (Wildman–Crippen LogP) is 3.41. The van der Waals surface area contributed by atoms with Crippen molar-refractivity contribution in [2.24, 2.45) is 5.92 Å². The van der Waals surface area contributed by atoms with E-state index in [4.69, 9.17) is 0 Å². The SMILES string of the molecule is CC(C)Cc1cc(O)cc(NC(C)C)c1. The lowest BCUT2D eigenvalue weighted by Crippen LogP contribution is -2.09. The Labute approximate surface area is 92.3 Å². The van der Waals surface area contributed by atoms with E-state index in [0.29, 0.717) is 17.7 Å². The summed E-state index contributed by atoms with van der Waals surface area (Å²) in [5, 5.41) is 12.9. The average Bonchev–Trinajstić information content (AvgIpc) is 1.98. The minimum Gasteiger partial charge on any atom is -0.508 e. The molecule has 1 aromatic rings. The predicted molar refractivity (Wildman–Crippen MR) is 65.4 cm³/mol. The molecular weight excluding hydrogens is 186 g/mol. The van der Waals surface area contributed by atoms with Crippen LogP contribution in [0.4, 0.5) is 5.69 Å². The van der Waals surface area contributed by atoms with Crippen molar-refractivity contribution >= 4 is 5.69 Å². The van der Waals surface area contributed by atoms with Crippen molar-refractivity contribution in [1.29, 1.82) is 0 Å². The maximum absolute atomic E-state index is 9.58. The van der Waals surface area contributed by atoms with Crippen LogP contribution in [0.1, 0.15) is 33.3 Å². The van der Waals surface area contributed by atoms with Crippen LogP contribution in [0.5, 0.6) is 5.75 Å². The third kappa shape index (κ3) is 4.24. The van der Waals surface area contributed by atoms with E-state index in [1.54, 1.807) is 6.07 Å². The summed E-state index contributed by atoms with van der Waals surface area (Å²) in [6.45, 7) is 8.54. The van der Waals surface area contributed by atoms with Crippen LogP contribution in [0.25, 0.3) is 0 Å². The highest BCUT2D eigenvalue weighted by atomic mass is 16.3. The Bertz CT molecular complexity index is 290. The van der Waals surface area contributed by atoms with Gasteiger partial charge >= 0.3 is 0 Å². The van der Waals surface area contributed by atoms with Crippen LogP contribution in [0.15, 0.2) is 18.2 Å². The van der Waals surface area contributed by atoms with Crippen LogP contribution in [0, 0.1) is 5.92 Å². The fraction of sp³-hybridized carbons (Fsp3) is 0.538. The molecule has 15 heavy (non-hydrogen) atoms. The normalized spacial score (nSPS) is 11.1. The van der Waals surface area contributed by atoms with Crippen LogP contribution >= 0.6 is 0 Å². The summed E-state index contributed by atoms with van der Waals surface area (Å²) in [5.74, 6) is 0.954. The van der Waals surface area contributed by atoms with Gasteiger partial charge in [0.15, 0.2) is 0 Å². The first-order valence-electron chi connectivity index (χ1n) is 5.57. The average molecular weight is 207 g/mol. The fourth-order valence-electron chi connectivity index (χ4n) is 1.68. The largest absolute Gasteiger partial charge is 0.508 e. The highest BCUT2D eigenvalue weighted by Gasteiger charge is 2.03. The van der Waals surface area contributed by atoms with Crippen molar-refractivity contribution in [1.82, 2.24) is 0 Å². The van der Waals surface area contributed by atoms with Gasteiger partial charge in [-0.25, -0.2) is 0 Å². The number of phenolic OH excluding ortho intramolecular Hbond substituents is 1. The third-order valence-corrected chi connectivity index (χ3v) is 2.08. The Morgan fingerprint density at radius 2 is 1.80 bits per heavy atom. The van der Waals surface area contributed by atoms with Gasteiger partial charge in [0.2, 0.25) is 0 Å². The van der Waals surface area contributed by atoms with E-state index in [1.165, 1.54) is 5.56 Å². The number of hydrogen-bond acceptors (Lipinski definition) is 2. The Morgan fingerprint density at radius 1 is 1.13 bits per heavy atom. The van der Waals surface area contributed by atoms with Gasteiger partial charge in [-0.1, -0.05) is 13.8 Å². The Balaban J connectivity index is 2.84. The number of aromatic hydroxyl groups is 1. The van der Waals surface area contributed by atoms with Crippen molar-refractivity contribution in [2.75, 3.05) is 5.32 Å². The summed E-state index contributed by atoms with van der Waals surface area (Å²) in [6.07, 6.45) is 1.00. The second kappa shape index (κ2) is 5.06. The summed E-state index contributed by atoms with van der Waals surface area (Å²) in [6, 6.07) is 6.10. The van der Waals surface area contributed by atoms with Crippen LogP contribution in [-0.4, -0.2) is 11.1 Å². The lowest BCUT2D eigenvalue weighted by Gasteiger charge is -2.13. The first kappa shape index (κ1) is 11.9. The lowest BCUT2D eigenvalue weighted by atomic mass is 10.0. The van der Waals surface area contributed by atoms with E-state index < -0.39 is 0 Å². The highest BCUT2D eigenvalue weighted by Crippen LogP contribution is 2.22. The van der Waals surface area contributed by atoms with Crippen molar-refractivity contribution in [3.8, 4) is 5.75 Å². The van der Waals surface area contributed by atoms with Gasteiger partial charge in [0.25, 0.3) is 0 Å². The molecular formula is C13H21NO. The monoisotopic (exact) mass is 207 g/mol. The zero-order valence-corrected chi connectivity index (χ0v) is 10.0. The first-order valence-corrected chi connectivity index (χ1v) is 5.57. The molecule has 0 heterocycles. The molecule has 0 aliphatic heterocycles. The van der Waals surface area contributed by atoms with Crippen molar-refractivity contribution < 1.29 is 5.11 Å². The van der Waals surface area contributed by atoms with Crippen molar-refractivity contribution in [2.45, 2.75) is 40.2 Å². The smallest absolute Gasteiger partial charge is 0.117 e. The number of rotatable bonds is 4. The second-order valence-corrected chi connectivity index (χ2v) is 4.79. The zero-order chi connectivity index (χ0) is 11.4. The van der Waals surface area contributed by atoms with E-state index in [-0.39, 0.29) is 0 Å². The summed E-state index contributed by atoms with van der Waals surface area (Å²) in [4.78, 5) is 0. The number of anilines is 1. The maximum atomic E-state index is 9.58. The molecule has 0 amide bonds. The van der Waals surface area contributed by atoms with Crippen LogP contribution < -0.4 is 5.32 Å². The second-order valence-electron chi connectivity index (χ2n) is 4.79. The quantitative estimate of drug-likeness (QED) is 0.793. The molecule has 0 spiro atoms. The van der Waals surface area contributed by atoms with E-state index in [0.717, 1.165) is 12.1 Å². The summed E-state index contributed by atoms with van der Waals surface area (Å²) >= 11 is 0. The van der Waals surface area contributed by atoms with Gasteiger partial charge in [-0.15, -0.1) is 0 Å². The summed E-state index contributed by atoms with van der Waals surface area (Å²) in [7, 11) is 0. The van der Waals surface area contributed by atoms with Crippen molar-refractivity contribution in [3.05, 3.63) is 23.8 Å². The topological polar surface area (TPSA) is 32.3 Å². The van der Waals surface area contributed by atoms with E-state index in [2.05, 4.69) is 39.1 Å². The Kier molecular flexibility index (Phi) is 4.01. The van der Waals surface area contributed by atoms with Gasteiger partial charge < -0.3 is 10.4 Å². The molecule has 0 bridgehead atoms. The molecule has 0 atom stereocenters. The molecule has 0 aliphatic carbocycles. The van der Waals surface area contributed by atoms with E-state index in [1.807, 2.05) is 6.07 Å². The lowest BCUT2D eigenvalue weighted by molar-refractivity contribution is 0.474. The molecule has 0 aromatic heterocycles. The molecule has 0 fully saturated rings. The van der Waals surface area contributed by atoms with E-state index >= 15 is 0 Å². The highest BCUT2D eigenvalue weighted by molar-refractivity contribution is 5.51. The Hall–Kier alpha value is -1.18. The van der Waals surface area contributed by atoms with Gasteiger partial charge in [-0.05, 0) is 43.9 Å². The Morgan fingerprint density at radius 3 is 2.33 bits per heavy atom. The first-order chi connectivity index (χ1) is 6.97. The van der Waals surface area contributed by atoms with Crippen LogP contribution in [-0.2, 0) is 6.42 Å². The molecule has 0 aliphatic rings. The summed E-state index contributed by atoms with van der Waals surface area (Å²) in [5.41, 5.74) is 2.19. The van der Waals surface area contributed by atoms with Gasteiger partial charge in [0.05, 0.1) is 0 Å². The molecule has 0 saturated carbocycles. The number of benzene rings is 1. The number of hydrogen-bond donors (Lipinski definition) is 2. The molecule has 1 rings (SSSR count). The molecule has 2 heteroatoms. The molecule has 2 N–H and O–H groups in total. The molecule has 1 aromatic carbocycles. The van der Waals surface area contributed by atoms with Gasteiger partial charge in [-0.3, -0.25) is 0 Å². The number of nitrogens with one attached hydrogen (secondary N) is 1. The standard InChI is InChI=1S/C13H21NO/c1-9(2)5-11-6-12(14-10(3)4)8-13(15)7-11/h6-10,14-15H,5H2,1-4H3. The molecule has 0 saturated heterocycles. The zero-order valence-electron chi connectivity index (χ0n) is 10.0.